The van der Waals surface area contributed by atoms with E-state index in [0.29, 0.717) is 12.5 Å². The van der Waals surface area contributed by atoms with Crippen LogP contribution in [0.25, 0.3) is 0 Å². The fourth-order valence-electron chi connectivity index (χ4n) is 2.47. The third-order valence-electron chi connectivity index (χ3n) is 3.68. The number of aromatic nitrogens is 2. The van der Waals surface area contributed by atoms with Gasteiger partial charge in [-0.05, 0) is 31.9 Å². The SMILES string of the molecule is CCNCC(C)c1c(C)nn(CCS(=O)(=O)CC)c1C. The summed E-state index contributed by atoms with van der Waals surface area (Å²) >= 11 is 0. The number of nitrogens with one attached hydrogen (secondary N) is 1. The second-order valence-corrected chi connectivity index (χ2v) is 7.73. The van der Waals surface area contributed by atoms with Crippen LogP contribution in [-0.4, -0.2) is 42.8 Å². The van der Waals surface area contributed by atoms with Crippen LogP contribution in [0.1, 0.15) is 43.6 Å². The first-order valence-corrected chi connectivity index (χ1v) is 9.09. The first-order chi connectivity index (χ1) is 9.32. The van der Waals surface area contributed by atoms with Gasteiger partial charge >= 0.3 is 0 Å². The molecule has 0 radical (unpaired) electrons. The monoisotopic (exact) mass is 301 g/mol. The Morgan fingerprint density at radius 3 is 2.50 bits per heavy atom. The molecule has 1 heterocycles. The molecule has 0 aliphatic heterocycles. The van der Waals surface area contributed by atoms with Crippen molar-refractivity contribution in [3.05, 3.63) is 17.0 Å². The maximum Gasteiger partial charge on any atom is 0.151 e. The number of aryl methyl sites for hydroxylation is 2. The lowest BCUT2D eigenvalue weighted by Gasteiger charge is -2.13. The Morgan fingerprint density at radius 1 is 1.30 bits per heavy atom. The summed E-state index contributed by atoms with van der Waals surface area (Å²) in [6, 6.07) is 0. The third-order valence-corrected chi connectivity index (χ3v) is 5.37. The summed E-state index contributed by atoms with van der Waals surface area (Å²) in [6.45, 7) is 12.3. The summed E-state index contributed by atoms with van der Waals surface area (Å²) in [4.78, 5) is 0. The average Bonchev–Trinajstić information content (AvgIpc) is 2.68. The predicted molar refractivity (Wildman–Crippen MR) is 83.0 cm³/mol. The van der Waals surface area contributed by atoms with E-state index in [1.165, 1.54) is 5.56 Å². The molecule has 0 aromatic carbocycles. The van der Waals surface area contributed by atoms with Crippen molar-refractivity contribution in [3.8, 4) is 0 Å². The summed E-state index contributed by atoms with van der Waals surface area (Å²) in [7, 11) is -2.95. The highest BCUT2D eigenvalue weighted by Gasteiger charge is 2.18. The van der Waals surface area contributed by atoms with Crippen LogP contribution in [0.4, 0.5) is 0 Å². The second kappa shape index (κ2) is 7.22. The average molecular weight is 301 g/mol. The molecule has 5 nitrogen and oxygen atoms in total. The van der Waals surface area contributed by atoms with E-state index in [-0.39, 0.29) is 11.5 Å². The van der Waals surface area contributed by atoms with Gasteiger partial charge in [-0.25, -0.2) is 8.42 Å². The molecule has 1 unspecified atom stereocenters. The fraction of sp³-hybridized carbons (Fsp3) is 0.786. The summed E-state index contributed by atoms with van der Waals surface area (Å²) in [5, 5.41) is 7.84. The Bertz CT molecular complexity index is 535. The zero-order valence-electron chi connectivity index (χ0n) is 13.2. The summed E-state index contributed by atoms with van der Waals surface area (Å²) in [5.41, 5.74) is 3.32. The van der Waals surface area contributed by atoms with Gasteiger partial charge in [0.2, 0.25) is 0 Å². The highest BCUT2D eigenvalue weighted by atomic mass is 32.2. The van der Waals surface area contributed by atoms with Crippen molar-refractivity contribution in [3.63, 3.8) is 0 Å². The standard InChI is InChI=1S/C14H27N3O2S/c1-6-15-10-11(3)14-12(4)16-17(13(14)5)8-9-20(18,19)7-2/h11,15H,6-10H2,1-5H3. The number of hydrogen-bond acceptors (Lipinski definition) is 4. The van der Waals surface area contributed by atoms with Crippen LogP contribution in [0.5, 0.6) is 0 Å². The minimum absolute atomic E-state index is 0.159. The lowest BCUT2D eigenvalue weighted by molar-refractivity contribution is 0.576. The zero-order valence-corrected chi connectivity index (χ0v) is 14.0. The van der Waals surface area contributed by atoms with Crippen LogP contribution in [0, 0.1) is 13.8 Å². The number of hydrogen-bond donors (Lipinski definition) is 1. The van der Waals surface area contributed by atoms with Gasteiger partial charge in [-0.2, -0.15) is 5.10 Å². The summed E-state index contributed by atoms with van der Waals surface area (Å²) < 4.78 is 25.0. The minimum Gasteiger partial charge on any atom is -0.316 e. The topological polar surface area (TPSA) is 64.0 Å². The normalized spacial score (nSPS) is 13.7. The van der Waals surface area contributed by atoms with Gasteiger partial charge in [0.15, 0.2) is 9.84 Å². The van der Waals surface area contributed by atoms with E-state index >= 15 is 0 Å². The Labute approximate surface area is 122 Å². The van der Waals surface area contributed by atoms with E-state index in [0.717, 1.165) is 24.5 Å². The van der Waals surface area contributed by atoms with Crippen molar-refractivity contribution < 1.29 is 8.42 Å². The van der Waals surface area contributed by atoms with Gasteiger partial charge in [0, 0.05) is 18.0 Å². The lowest BCUT2D eigenvalue weighted by Crippen LogP contribution is -2.20. The molecule has 1 aromatic heterocycles. The van der Waals surface area contributed by atoms with Crippen LogP contribution in [0.2, 0.25) is 0 Å². The Morgan fingerprint density at radius 2 is 1.95 bits per heavy atom. The van der Waals surface area contributed by atoms with Gasteiger partial charge in [0.05, 0.1) is 18.0 Å². The van der Waals surface area contributed by atoms with Gasteiger partial charge in [0.1, 0.15) is 0 Å². The largest absolute Gasteiger partial charge is 0.316 e. The maximum absolute atomic E-state index is 11.6. The van der Waals surface area contributed by atoms with E-state index in [1.807, 2.05) is 18.5 Å². The number of sulfone groups is 1. The molecular weight excluding hydrogens is 274 g/mol. The molecule has 20 heavy (non-hydrogen) atoms. The molecule has 1 N–H and O–H groups in total. The van der Waals surface area contributed by atoms with Crippen molar-refractivity contribution >= 4 is 9.84 Å². The van der Waals surface area contributed by atoms with Crippen LogP contribution in [0.15, 0.2) is 0 Å². The highest BCUT2D eigenvalue weighted by molar-refractivity contribution is 7.91. The van der Waals surface area contributed by atoms with Gasteiger partial charge in [-0.3, -0.25) is 4.68 Å². The predicted octanol–water partition coefficient (Wildman–Crippen LogP) is 1.65. The second-order valence-electron chi connectivity index (χ2n) is 5.25. The molecule has 1 rings (SSSR count). The van der Waals surface area contributed by atoms with Crippen molar-refractivity contribution in [1.29, 1.82) is 0 Å². The Hall–Kier alpha value is -0.880. The van der Waals surface area contributed by atoms with Crippen LogP contribution in [0.3, 0.4) is 0 Å². The molecule has 0 bridgehead atoms. The van der Waals surface area contributed by atoms with Crippen LogP contribution >= 0.6 is 0 Å². The van der Waals surface area contributed by atoms with Crippen molar-refractivity contribution in [1.82, 2.24) is 15.1 Å². The summed E-state index contributed by atoms with van der Waals surface area (Å²) in [6.07, 6.45) is 0. The van der Waals surface area contributed by atoms with E-state index in [1.54, 1.807) is 6.92 Å². The lowest BCUT2D eigenvalue weighted by atomic mass is 9.99. The molecule has 0 aliphatic carbocycles. The van der Waals surface area contributed by atoms with E-state index in [4.69, 9.17) is 0 Å². The Balaban J connectivity index is 2.86. The number of rotatable bonds is 8. The molecule has 1 aromatic rings. The number of likely N-dealkylation sites (N-methyl/N-ethyl adjacent to an activating group) is 1. The van der Waals surface area contributed by atoms with E-state index in [9.17, 15) is 8.42 Å². The smallest absolute Gasteiger partial charge is 0.151 e. The third kappa shape index (κ3) is 4.31. The first kappa shape index (κ1) is 17.2. The Kier molecular flexibility index (Phi) is 6.20. The van der Waals surface area contributed by atoms with Crippen LogP contribution < -0.4 is 5.32 Å². The summed E-state index contributed by atoms with van der Waals surface area (Å²) in [5.74, 6) is 0.731. The number of nitrogens with zero attached hydrogens (tertiary/aromatic N) is 2. The quantitative estimate of drug-likeness (QED) is 0.793. The highest BCUT2D eigenvalue weighted by Crippen LogP contribution is 2.22. The molecule has 0 amide bonds. The molecule has 116 valence electrons. The fourth-order valence-corrected chi connectivity index (χ4v) is 3.21. The van der Waals surface area contributed by atoms with E-state index < -0.39 is 9.84 Å². The molecule has 0 saturated heterocycles. The van der Waals surface area contributed by atoms with Gasteiger partial charge in [-0.15, -0.1) is 0 Å². The molecule has 0 saturated carbocycles. The molecule has 6 heteroatoms. The van der Waals surface area contributed by atoms with Gasteiger partial charge in [-0.1, -0.05) is 20.8 Å². The van der Waals surface area contributed by atoms with Gasteiger partial charge in [0.25, 0.3) is 0 Å². The van der Waals surface area contributed by atoms with Gasteiger partial charge < -0.3 is 5.32 Å². The first-order valence-electron chi connectivity index (χ1n) is 7.27. The zero-order chi connectivity index (χ0) is 15.3. The van der Waals surface area contributed by atoms with E-state index in [2.05, 4.69) is 24.3 Å². The molecule has 0 aliphatic rings. The van der Waals surface area contributed by atoms with Crippen LogP contribution in [-0.2, 0) is 16.4 Å². The van der Waals surface area contributed by atoms with Crippen molar-refractivity contribution in [2.24, 2.45) is 0 Å². The molecule has 0 spiro atoms. The maximum atomic E-state index is 11.6. The molecular formula is C14H27N3O2S. The molecule has 0 fully saturated rings. The van der Waals surface area contributed by atoms with Crippen molar-refractivity contribution in [2.45, 2.75) is 47.1 Å². The minimum atomic E-state index is -2.95. The van der Waals surface area contributed by atoms with Crippen molar-refractivity contribution in [2.75, 3.05) is 24.6 Å². The molecule has 1 atom stereocenters.